The van der Waals surface area contributed by atoms with Gasteiger partial charge in [0.05, 0.1) is 0 Å². The van der Waals surface area contributed by atoms with Crippen LogP contribution in [0.5, 0.6) is 0 Å². The number of unbranched alkanes of at least 4 members (excludes halogenated alkanes) is 4. The molecule has 0 aliphatic carbocycles. The van der Waals surface area contributed by atoms with E-state index in [1.165, 1.54) is 38.6 Å². The van der Waals surface area contributed by atoms with Gasteiger partial charge in [0.2, 0.25) is 0 Å². The van der Waals surface area contributed by atoms with Crippen LogP contribution in [0, 0.1) is 0 Å². The topological polar surface area (TPSA) is 12.0 Å². The summed E-state index contributed by atoms with van der Waals surface area (Å²) in [5, 5.41) is 3.33. The third-order valence-corrected chi connectivity index (χ3v) is 1.71. The lowest BCUT2D eigenvalue weighted by Crippen LogP contribution is -2.13. The second-order valence-corrected chi connectivity index (χ2v) is 2.77. The van der Waals surface area contributed by atoms with Crippen LogP contribution in [0.15, 0.2) is 0 Å². The van der Waals surface area contributed by atoms with Crippen LogP contribution in [0.4, 0.5) is 0 Å². The van der Waals surface area contributed by atoms with E-state index >= 15 is 0 Å². The SMILES string of the molecule is CCCCCCCNCC.[HH]. The lowest BCUT2D eigenvalue weighted by atomic mass is 10.1. The van der Waals surface area contributed by atoms with Crippen molar-refractivity contribution in [1.29, 1.82) is 0 Å². The Morgan fingerprint density at radius 3 is 2.30 bits per heavy atom. The molecule has 1 nitrogen and oxygen atoms in total. The molecule has 0 amide bonds. The van der Waals surface area contributed by atoms with Crippen molar-refractivity contribution < 1.29 is 1.43 Å². The highest BCUT2D eigenvalue weighted by molar-refractivity contribution is 4.45. The molecule has 0 unspecified atom stereocenters. The summed E-state index contributed by atoms with van der Waals surface area (Å²) in [6.07, 6.45) is 6.93. The maximum Gasteiger partial charge on any atom is 0 e. The van der Waals surface area contributed by atoms with Crippen molar-refractivity contribution in [3.63, 3.8) is 0 Å². The minimum absolute atomic E-state index is 0. The van der Waals surface area contributed by atoms with Gasteiger partial charge in [-0.2, -0.15) is 0 Å². The van der Waals surface area contributed by atoms with Crippen LogP contribution in [-0.4, -0.2) is 13.1 Å². The van der Waals surface area contributed by atoms with E-state index in [4.69, 9.17) is 0 Å². The van der Waals surface area contributed by atoms with Crippen LogP contribution in [0.2, 0.25) is 0 Å². The summed E-state index contributed by atoms with van der Waals surface area (Å²) in [7, 11) is 0. The van der Waals surface area contributed by atoms with E-state index in [2.05, 4.69) is 19.2 Å². The van der Waals surface area contributed by atoms with Gasteiger partial charge in [-0.15, -0.1) is 0 Å². The number of hydrogen-bond acceptors (Lipinski definition) is 1. The van der Waals surface area contributed by atoms with E-state index in [1.54, 1.807) is 0 Å². The van der Waals surface area contributed by atoms with Crippen LogP contribution in [0.25, 0.3) is 0 Å². The first-order valence-corrected chi connectivity index (χ1v) is 4.62. The van der Waals surface area contributed by atoms with Crippen molar-refractivity contribution in [3.8, 4) is 0 Å². The molecule has 0 aromatic carbocycles. The van der Waals surface area contributed by atoms with Crippen LogP contribution in [0.1, 0.15) is 47.4 Å². The number of rotatable bonds is 7. The van der Waals surface area contributed by atoms with E-state index < -0.39 is 0 Å². The smallest absolute Gasteiger partial charge is 0 e. The van der Waals surface area contributed by atoms with Gasteiger partial charge in [-0.1, -0.05) is 39.5 Å². The maximum absolute atomic E-state index is 3.33. The minimum Gasteiger partial charge on any atom is -0.317 e. The molecule has 0 fully saturated rings. The van der Waals surface area contributed by atoms with Crippen molar-refractivity contribution in [2.24, 2.45) is 0 Å². The van der Waals surface area contributed by atoms with E-state index in [0.717, 1.165) is 6.54 Å². The van der Waals surface area contributed by atoms with Gasteiger partial charge >= 0.3 is 0 Å². The van der Waals surface area contributed by atoms with Crippen LogP contribution < -0.4 is 5.32 Å². The molecule has 1 heteroatoms. The zero-order valence-electron chi connectivity index (χ0n) is 7.45. The lowest BCUT2D eigenvalue weighted by molar-refractivity contribution is 0.593. The zero-order chi connectivity index (χ0) is 7.66. The fourth-order valence-corrected chi connectivity index (χ4v) is 1.03. The Bertz CT molecular complexity index is 49.5. The standard InChI is InChI=1S/C9H21N.H2/c1-3-5-6-7-8-9-10-4-2;/h10H,3-9H2,1-2H3;1H. The average molecular weight is 145 g/mol. The Hall–Kier alpha value is -0.0400. The van der Waals surface area contributed by atoms with Crippen molar-refractivity contribution in [2.45, 2.75) is 46.0 Å². The highest BCUT2D eigenvalue weighted by atomic mass is 14.8. The molecule has 1 N–H and O–H groups in total. The Morgan fingerprint density at radius 2 is 1.70 bits per heavy atom. The van der Waals surface area contributed by atoms with Crippen molar-refractivity contribution in [1.82, 2.24) is 5.32 Å². The quantitative estimate of drug-likeness (QED) is 0.543. The first kappa shape index (κ1) is 9.96. The molecular formula is C9H23N. The molecule has 0 aromatic rings. The van der Waals surface area contributed by atoms with Crippen LogP contribution in [-0.2, 0) is 0 Å². The Morgan fingerprint density at radius 1 is 1.00 bits per heavy atom. The van der Waals surface area contributed by atoms with Gasteiger partial charge < -0.3 is 5.32 Å². The fourth-order valence-electron chi connectivity index (χ4n) is 1.03. The normalized spacial score (nSPS) is 10.2. The highest BCUT2D eigenvalue weighted by Crippen LogP contribution is 2.00. The molecule has 0 heterocycles. The van der Waals surface area contributed by atoms with E-state index in [1.807, 2.05) is 0 Å². The van der Waals surface area contributed by atoms with Gasteiger partial charge in [-0.3, -0.25) is 0 Å². The molecule has 0 rings (SSSR count). The summed E-state index contributed by atoms with van der Waals surface area (Å²) in [4.78, 5) is 0. The van der Waals surface area contributed by atoms with E-state index in [9.17, 15) is 0 Å². The van der Waals surface area contributed by atoms with Gasteiger partial charge in [-0.05, 0) is 19.5 Å². The molecule has 10 heavy (non-hydrogen) atoms. The molecule has 0 aliphatic heterocycles. The summed E-state index contributed by atoms with van der Waals surface area (Å²) in [6, 6.07) is 0. The molecule has 0 spiro atoms. The minimum atomic E-state index is 0. The summed E-state index contributed by atoms with van der Waals surface area (Å²) in [6.45, 7) is 6.74. The molecular weight excluding hydrogens is 122 g/mol. The predicted octanol–water partition coefficient (Wildman–Crippen LogP) is 2.81. The second-order valence-electron chi connectivity index (χ2n) is 2.77. The Balaban J connectivity index is 0. The van der Waals surface area contributed by atoms with Crippen molar-refractivity contribution in [3.05, 3.63) is 0 Å². The highest BCUT2D eigenvalue weighted by Gasteiger charge is 1.86. The third kappa shape index (κ3) is 7.96. The molecule has 64 valence electrons. The molecule has 0 atom stereocenters. The second kappa shape index (κ2) is 8.96. The first-order valence-electron chi connectivity index (χ1n) is 4.62. The molecule has 0 bridgehead atoms. The van der Waals surface area contributed by atoms with Crippen molar-refractivity contribution >= 4 is 0 Å². The summed E-state index contributed by atoms with van der Waals surface area (Å²) < 4.78 is 0. The van der Waals surface area contributed by atoms with Gasteiger partial charge in [0, 0.05) is 1.43 Å². The van der Waals surface area contributed by atoms with Gasteiger partial charge in [0.15, 0.2) is 0 Å². The van der Waals surface area contributed by atoms with E-state index in [-0.39, 0.29) is 1.43 Å². The summed E-state index contributed by atoms with van der Waals surface area (Å²) >= 11 is 0. The Kier molecular flexibility index (Phi) is 8.92. The molecule has 0 saturated carbocycles. The van der Waals surface area contributed by atoms with Gasteiger partial charge in [0.1, 0.15) is 0 Å². The van der Waals surface area contributed by atoms with Crippen LogP contribution >= 0.6 is 0 Å². The number of hydrogen-bond donors (Lipinski definition) is 1. The van der Waals surface area contributed by atoms with E-state index in [0.29, 0.717) is 0 Å². The fraction of sp³-hybridized carbons (Fsp3) is 1.00. The molecule has 0 radical (unpaired) electrons. The lowest BCUT2D eigenvalue weighted by Gasteiger charge is -1.99. The zero-order valence-corrected chi connectivity index (χ0v) is 7.45. The monoisotopic (exact) mass is 145 g/mol. The van der Waals surface area contributed by atoms with Crippen molar-refractivity contribution in [2.75, 3.05) is 13.1 Å². The predicted molar refractivity (Wildman–Crippen MR) is 49.4 cm³/mol. The summed E-state index contributed by atoms with van der Waals surface area (Å²) in [5.41, 5.74) is 0. The number of nitrogens with one attached hydrogen (secondary N) is 1. The largest absolute Gasteiger partial charge is 0.317 e. The third-order valence-electron chi connectivity index (χ3n) is 1.71. The summed E-state index contributed by atoms with van der Waals surface area (Å²) in [5.74, 6) is 0. The first-order chi connectivity index (χ1) is 4.91. The molecule has 0 aliphatic rings. The molecule has 0 saturated heterocycles. The van der Waals surface area contributed by atoms with Gasteiger partial charge in [0.25, 0.3) is 0 Å². The Labute approximate surface area is 66.7 Å². The van der Waals surface area contributed by atoms with Gasteiger partial charge in [-0.25, -0.2) is 0 Å². The maximum atomic E-state index is 3.33. The van der Waals surface area contributed by atoms with Crippen LogP contribution in [0.3, 0.4) is 0 Å². The molecule has 0 aromatic heterocycles. The average Bonchev–Trinajstić information content (AvgIpc) is 1.97.